The Morgan fingerprint density at radius 1 is 1.28 bits per heavy atom. The van der Waals surface area contributed by atoms with E-state index in [9.17, 15) is 22.0 Å². The zero-order valence-corrected chi connectivity index (χ0v) is 8.59. The van der Waals surface area contributed by atoms with Crippen molar-refractivity contribution in [1.29, 1.82) is 10.5 Å². The highest BCUT2D eigenvalue weighted by molar-refractivity contribution is 5.48. The van der Waals surface area contributed by atoms with E-state index in [1.165, 1.54) is 12.1 Å². The molecule has 1 aromatic rings. The summed E-state index contributed by atoms with van der Waals surface area (Å²) in [5.74, 6) is 0. The van der Waals surface area contributed by atoms with Crippen LogP contribution >= 0.6 is 0 Å². The molecule has 18 heavy (non-hydrogen) atoms. The smallest absolute Gasteiger partial charge is 0.254 e. The van der Waals surface area contributed by atoms with Crippen LogP contribution in [0.25, 0.3) is 0 Å². The van der Waals surface area contributed by atoms with E-state index < -0.39 is 41.4 Å². The number of nitriles is 2. The van der Waals surface area contributed by atoms with Crippen molar-refractivity contribution in [3.63, 3.8) is 0 Å². The zero-order valence-electron chi connectivity index (χ0n) is 8.59. The van der Waals surface area contributed by atoms with Crippen molar-refractivity contribution in [1.82, 2.24) is 4.98 Å². The zero-order chi connectivity index (χ0) is 13.9. The van der Waals surface area contributed by atoms with Crippen LogP contribution in [-0.2, 0) is 12.6 Å². The molecule has 8 heteroatoms. The highest BCUT2D eigenvalue weighted by Gasteiger charge is 2.36. The molecule has 1 heterocycles. The lowest BCUT2D eigenvalue weighted by Crippen LogP contribution is -2.13. The Bertz CT molecular complexity index is 536. The first-order valence-electron chi connectivity index (χ1n) is 4.47. The summed E-state index contributed by atoms with van der Waals surface area (Å²) in [5.41, 5.74) is -4.04. The predicted octanol–water partition coefficient (Wildman–Crippen LogP) is 2.98. The molecule has 0 radical (unpaired) electrons. The van der Waals surface area contributed by atoms with Gasteiger partial charge < -0.3 is 0 Å². The second kappa shape index (κ2) is 4.96. The third kappa shape index (κ3) is 2.54. The van der Waals surface area contributed by atoms with Gasteiger partial charge in [-0.15, -0.1) is 0 Å². The molecule has 0 atom stereocenters. The van der Waals surface area contributed by atoms with Crippen LogP contribution in [0.3, 0.4) is 0 Å². The summed E-state index contributed by atoms with van der Waals surface area (Å²) in [6, 6.07) is 2.65. The molecule has 1 rings (SSSR count). The Kier molecular flexibility index (Phi) is 3.82. The average molecular weight is 261 g/mol. The van der Waals surface area contributed by atoms with Crippen molar-refractivity contribution < 1.29 is 22.0 Å². The van der Waals surface area contributed by atoms with Crippen LogP contribution in [0.5, 0.6) is 0 Å². The predicted molar refractivity (Wildman–Crippen MR) is 48.2 cm³/mol. The van der Waals surface area contributed by atoms with Crippen LogP contribution < -0.4 is 0 Å². The van der Waals surface area contributed by atoms with Crippen LogP contribution in [0.2, 0.25) is 0 Å². The Morgan fingerprint density at radius 3 is 2.28 bits per heavy atom. The molecule has 0 saturated carbocycles. The Balaban J connectivity index is 3.61. The van der Waals surface area contributed by atoms with Gasteiger partial charge in [-0.25, -0.2) is 8.78 Å². The summed E-state index contributed by atoms with van der Waals surface area (Å²) in [4.78, 5) is 3.00. The SMILES string of the molecule is N#CCc1c(C(F)F)ncc(C(F)(F)F)c1C#N. The van der Waals surface area contributed by atoms with Crippen molar-refractivity contribution in [2.24, 2.45) is 0 Å². The van der Waals surface area contributed by atoms with E-state index in [0.29, 0.717) is 0 Å². The van der Waals surface area contributed by atoms with Gasteiger partial charge in [0.2, 0.25) is 0 Å². The van der Waals surface area contributed by atoms with E-state index in [1.54, 1.807) is 0 Å². The number of alkyl halides is 5. The molecule has 0 aliphatic rings. The highest BCUT2D eigenvalue weighted by Crippen LogP contribution is 2.35. The summed E-state index contributed by atoms with van der Waals surface area (Å²) in [5, 5.41) is 17.1. The number of hydrogen-bond donors (Lipinski definition) is 0. The van der Waals surface area contributed by atoms with Crippen LogP contribution in [0.4, 0.5) is 22.0 Å². The van der Waals surface area contributed by atoms with Crippen molar-refractivity contribution in [2.45, 2.75) is 19.0 Å². The summed E-state index contributed by atoms with van der Waals surface area (Å²) in [7, 11) is 0. The largest absolute Gasteiger partial charge is 0.419 e. The molecule has 0 saturated heterocycles. The lowest BCUT2D eigenvalue weighted by atomic mass is 9.99. The lowest BCUT2D eigenvalue weighted by molar-refractivity contribution is -0.138. The molecule has 94 valence electrons. The van der Waals surface area contributed by atoms with Crippen molar-refractivity contribution in [2.75, 3.05) is 0 Å². The first-order valence-corrected chi connectivity index (χ1v) is 4.47. The van der Waals surface area contributed by atoms with Crippen molar-refractivity contribution in [3.8, 4) is 12.1 Å². The van der Waals surface area contributed by atoms with Gasteiger partial charge >= 0.3 is 6.18 Å². The minimum Gasteiger partial charge on any atom is -0.254 e. The fraction of sp³-hybridized carbons (Fsp3) is 0.300. The third-order valence-electron chi connectivity index (χ3n) is 2.09. The molecule has 0 aromatic carbocycles. The number of rotatable bonds is 2. The Hall–Kier alpha value is -2.22. The Labute approximate surface area is 98.1 Å². The van der Waals surface area contributed by atoms with E-state index >= 15 is 0 Å². The number of hydrogen-bond acceptors (Lipinski definition) is 3. The molecular formula is C10H4F5N3. The van der Waals surface area contributed by atoms with Gasteiger partial charge in [-0.3, -0.25) is 4.98 Å². The van der Waals surface area contributed by atoms with Gasteiger partial charge in [-0.1, -0.05) is 0 Å². The maximum Gasteiger partial charge on any atom is 0.419 e. The number of nitrogens with zero attached hydrogens (tertiary/aromatic N) is 3. The van der Waals surface area contributed by atoms with E-state index in [1.807, 2.05) is 0 Å². The second-order valence-corrected chi connectivity index (χ2v) is 3.16. The quantitative estimate of drug-likeness (QED) is 0.769. The molecule has 0 spiro atoms. The van der Waals surface area contributed by atoms with E-state index in [2.05, 4.69) is 4.98 Å². The van der Waals surface area contributed by atoms with Crippen molar-refractivity contribution >= 4 is 0 Å². The summed E-state index contributed by atoms with van der Waals surface area (Å²) in [6.07, 6.45) is -8.59. The van der Waals surface area contributed by atoms with Crippen LogP contribution in [0.15, 0.2) is 6.20 Å². The second-order valence-electron chi connectivity index (χ2n) is 3.16. The first kappa shape index (κ1) is 13.8. The van der Waals surface area contributed by atoms with Crippen LogP contribution in [0, 0.1) is 22.7 Å². The lowest BCUT2D eigenvalue weighted by Gasteiger charge is -2.13. The maximum absolute atomic E-state index is 12.5. The van der Waals surface area contributed by atoms with E-state index in [0.717, 1.165) is 0 Å². The molecule has 0 amide bonds. The average Bonchev–Trinajstić information content (AvgIpc) is 2.27. The molecule has 0 aliphatic carbocycles. The molecule has 0 bridgehead atoms. The highest BCUT2D eigenvalue weighted by atomic mass is 19.4. The molecule has 1 aromatic heterocycles. The van der Waals surface area contributed by atoms with Gasteiger partial charge in [-0.2, -0.15) is 23.7 Å². The van der Waals surface area contributed by atoms with Gasteiger partial charge in [0.15, 0.2) is 0 Å². The minimum atomic E-state index is -4.89. The maximum atomic E-state index is 12.5. The van der Waals surface area contributed by atoms with Gasteiger partial charge in [-0.05, 0) is 0 Å². The third-order valence-corrected chi connectivity index (χ3v) is 2.09. The molecule has 0 N–H and O–H groups in total. The van der Waals surface area contributed by atoms with Gasteiger partial charge in [0, 0.05) is 11.8 Å². The number of pyridine rings is 1. The number of aromatic nitrogens is 1. The monoisotopic (exact) mass is 261 g/mol. The summed E-state index contributed by atoms with van der Waals surface area (Å²) in [6.45, 7) is 0. The molecule has 0 unspecified atom stereocenters. The van der Waals surface area contributed by atoms with Gasteiger partial charge in [0.25, 0.3) is 6.43 Å². The molecule has 0 fully saturated rings. The van der Waals surface area contributed by atoms with Gasteiger partial charge in [0.1, 0.15) is 11.8 Å². The number of halogens is 5. The first-order chi connectivity index (χ1) is 8.32. The standard InChI is InChI=1S/C10H4F5N3/c11-9(12)8-5(1-2-16)6(3-17)7(4-18-8)10(13,14)15/h4,9H,1H2. The van der Waals surface area contributed by atoms with Gasteiger partial charge in [0.05, 0.1) is 23.6 Å². The summed E-state index contributed by atoms with van der Waals surface area (Å²) >= 11 is 0. The minimum absolute atomic E-state index is 0.181. The normalized spacial score (nSPS) is 11.1. The van der Waals surface area contributed by atoms with Crippen LogP contribution in [-0.4, -0.2) is 4.98 Å². The van der Waals surface area contributed by atoms with E-state index in [4.69, 9.17) is 10.5 Å². The van der Waals surface area contributed by atoms with Crippen molar-refractivity contribution in [3.05, 3.63) is 28.6 Å². The fourth-order valence-electron chi connectivity index (χ4n) is 1.36. The summed E-state index contributed by atoms with van der Waals surface area (Å²) < 4.78 is 62.6. The molecule has 0 aliphatic heterocycles. The topological polar surface area (TPSA) is 60.5 Å². The van der Waals surface area contributed by atoms with E-state index in [-0.39, 0.29) is 6.20 Å². The molecular weight excluding hydrogens is 257 g/mol. The van der Waals surface area contributed by atoms with Crippen LogP contribution in [0.1, 0.15) is 28.8 Å². The molecule has 3 nitrogen and oxygen atoms in total. The Morgan fingerprint density at radius 2 is 1.89 bits per heavy atom. The fourth-order valence-corrected chi connectivity index (χ4v) is 1.36.